The van der Waals surface area contributed by atoms with E-state index in [0.717, 1.165) is 0 Å². The topological polar surface area (TPSA) is 58.2 Å². The summed E-state index contributed by atoms with van der Waals surface area (Å²) < 4.78 is 0. The first-order valence-electron chi connectivity index (χ1n) is 4.15. The largest absolute Gasteiger partial charge is 0.344 e. The fraction of sp³-hybridized carbons (Fsp3) is 0.556. The second kappa shape index (κ2) is 6.33. The van der Waals surface area contributed by atoms with Gasteiger partial charge in [-0.3, -0.25) is 9.59 Å². The number of amides is 2. The molecule has 0 aromatic heterocycles. The highest BCUT2D eigenvalue weighted by Gasteiger charge is 2.18. The van der Waals surface area contributed by atoms with Crippen LogP contribution in [0.5, 0.6) is 0 Å². The van der Waals surface area contributed by atoms with Crippen LogP contribution in [0.2, 0.25) is 0 Å². The van der Waals surface area contributed by atoms with Crippen molar-refractivity contribution in [3.05, 3.63) is 0 Å². The van der Waals surface area contributed by atoms with Gasteiger partial charge in [0.05, 0.1) is 6.04 Å². The van der Waals surface area contributed by atoms with Gasteiger partial charge >= 0.3 is 0 Å². The van der Waals surface area contributed by atoms with Crippen molar-refractivity contribution in [2.45, 2.75) is 25.9 Å². The Balaban J connectivity index is 4.19. The highest BCUT2D eigenvalue weighted by Crippen LogP contribution is 1.90. The van der Waals surface area contributed by atoms with E-state index >= 15 is 0 Å². The summed E-state index contributed by atoms with van der Waals surface area (Å²) >= 11 is 3.95. The van der Waals surface area contributed by atoms with Crippen molar-refractivity contribution in [3.63, 3.8) is 0 Å². The van der Waals surface area contributed by atoms with E-state index in [4.69, 9.17) is 6.42 Å². The second-order valence-electron chi connectivity index (χ2n) is 2.83. The first-order chi connectivity index (χ1) is 6.51. The minimum absolute atomic E-state index is 0.239. The maximum absolute atomic E-state index is 11.4. The Morgan fingerprint density at radius 3 is 2.43 bits per heavy atom. The molecule has 0 aliphatic heterocycles. The molecule has 14 heavy (non-hydrogen) atoms. The van der Waals surface area contributed by atoms with Crippen LogP contribution in [0.15, 0.2) is 0 Å². The molecule has 0 aliphatic carbocycles. The van der Waals surface area contributed by atoms with E-state index in [0.29, 0.717) is 0 Å². The smallest absolute Gasteiger partial charge is 0.244 e. The monoisotopic (exact) mass is 214 g/mol. The maximum atomic E-state index is 11.4. The van der Waals surface area contributed by atoms with Gasteiger partial charge in [0, 0.05) is 12.7 Å². The van der Waals surface area contributed by atoms with Gasteiger partial charge in [0.25, 0.3) is 0 Å². The SMILES string of the molecule is C#CC(C)NC(=O)C(CS)NC(C)=O. The highest BCUT2D eigenvalue weighted by atomic mass is 32.1. The molecule has 0 fully saturated rings. The maximum Gasteiger partial charge on any atom is 0.244 e. The zero-order chi connectivity index (χ0) is 11.1. The fourth-order valence-corrected chi connectivity index (χ4v) is 1.05. The van der Waals surface area contributed by atoms with Crippen LogP contribution in [0.1, 0.15) is 13.8 Å². The lowest BCUT2D eigenvalue weighted by molar-refractivity contribution is -0.127. The van der Waals surface area contributed by atoms with E-state index in [2.05, 4.69) is 29.2 Å². The number of carbonyl (C=O) groups is 2. The molecule has 0 aliphatic rings. The lowest BCUT2D eigenvalue weighted by Crippen LogP contribution is -2.49. The zero-order valence-corrected chi connectivity index (χ0v) is 9.10. The van der Waals surface area contributed by atoms with Crippen molar-refractivity contribution < 1.29 is 9.59 Å². The summed E-state index contributed by atoms with van der Waals surface area (Å²) in [4.78, 5) is 22.1. The molecule has 2 amide bonds. The number of terminal acetylenes is 1. The van der Waals surface area contributed by atoms with Crippen molar-refractivity contribution in [2.24, 2.45) is 0 Å². The molecule has 0 spiro atoms. The fourth-order valence-electron chi connectivity index (χ4n) is 0.795. The lowest BCUT2D eigenvalue weighted by atomic mass is 10.2. The molecule has 0 aromatic carbocycles. The molecule has 0 heterocycles. The van der Waals surface area contributed by atoms with Gasteiger partial charge < -0.3 is 10.6 Å². The average molecular weight is 214 g/mol. The molecule has 0 radical (unpaired) electrons. The van der Waals surface area contributed by atoms with Gasteiger partial charge in [0.1, 0.15) is 6.04 Å². The summed E-state index contributed by atoms with van der Waals surface area (Å²) in [5, 5.41) is 5.01. The van der Waals surface area contributed by atoms with Crippen LogP contribution >= 0.6 is 12.6 Å². The summed E-state index contributed by atoms with van der Waals surface area (Å²) in [5.74, 6) is 2.01. The normalized spacial score (nSPS) is 13.6. The highest BCUT2D eigenvalue weighted by molar-refractivity contribution is 7.80. The third-order valence-electron chi connectivity index (χ3n) is 1.49. The van der Waals surface area contributed by atoms with E-state index in [1.807, 2.05) is 0 Å². The van der Waals surface area contributed by atoms with Crippen molar-refractivity contribution in [1.82, 2.24) is 10.6 Å². The van der Waals surface area contributed by atoms with Crippen LogP contribution in [-0.2, 0) is 9.59 Å². The summed E-state index contributed by atoms with van der Waals surface area (Å²) in [5.41, 5.74) is 0. The lowest BCUT2D eigenvalue weighted by Gasteiger charge is -2.16. The quantitative estimate of drug-likeness (QED) is 0.439. The van der Waals surface area contributed by atoms with Gasteiger partial charge in [-0.05, 0) is 6.92 Å². The minimum Gasteiger partial charge on any atom is -0.344 e. The number of carbonyl (C=O) groups excluding carboxylic acids is 2. The van der Waals surface area contributed by atoms with Crippen molar-refractivity contribution in [3.8, 4) is 12.3 Å². The molecule has 78 valence electrons. The van der Waals surface area contributed by atoms with Gasteiger partial charge in [-0.2, -0.15) is 12.6 Å². The number of nitrogens with one attached hydrogen (secondary N) is 2. The Hall–Kier alpha value is -1.15. The third kappa shape index (κ3) is 4.77. The molecular weight excluding hydrogens is 200 g/mol. The van der Waals surface area contributed by atoms with E-state index in [1.54, 1.807) is 6.92 Å². The predicted octanol–water partition coefficient (Wildman–Crippen LogP) is -0.441. The Morgan fingerprint density at radius 2 is 2.07 bits per heavy atom. The third-order valence-corrected chi connectivity index (χ3v) is 1.85. The Kier molecular flexibility index (Phi) is 5.81. The van der Waals surface area contributed by atoms with E-state index in [-0.39, 0.29) is 23.6 Å². The van der Waals surface area contributed by atoms with Gasteiger partial charge in [0.2, 0.25) is 11.8 Å². The van der Waals surface area contributed by atoms with E-state index in [9.17, 15) is 9.59 Å². The Labute approximate surface area is 89.2 Å². The first-order valence-corrected chi connectivity index (χ1v) is 4.79. The van der Waals surface area contributed by atoms with Crippen molar-refractivity contribution in [1.29, 1.82) is 0 Å². The van der Waals surface area contributed by atoms with Gasteiger partial charge in [-0.1, -0.05) is 5.92 Å². The molecule has 5 heteroatoms. The molecule has 0 saturated heterocycles. The van der Waals surface area contributed by atoms with Crippen LogP contribution in [0.4, 0.5) is 0 Å². The number of hydrogen-bond donors (Lipinski definition) is 3. The van der Waals surface area contributed by atoms with Crippen molar-refractivity contribution in [2.75, 3.05) is 5.75 Å². The molecule has 4 nitrogen and oxygen atoms in total. The molecular formula is C9H14N2O2S. The van der Waals surface area contributed by atoms with Gasteiger partial charge in [-0.25, -0.2) is 0 Å². The van der Waals surface area contributed by atoms with Crippen LogP contribution < -0.4 is 10.6 Å². The molecule has 2 unspecified atom stereocenters. The van der Waals surface area contributed by atoms with Gasteiger partial charge in [0.15, 0.2) is 0 Å². The minimum atomic E-state index is -0.633. The number of thiol groups is 1. The predicted molar refractivity (Wildman–Crippen MR) is 57.9 cm³/mol. The number of hydrogen-bond acceptors (Lipinski definition) is 3. The summed E-state index contributed by atoms with van der Waals surface area (Å²) in [6.07, 6.45) is 5.09. The second-order valence-corrected chi connectivity index (χ2v) is 3.20. The molecule has 2 atom stereocenters. The zero-order valence-electron chi connectivity index (χ0n) is 8.20. The van der Waals surface area contributed by atoms with E-state index < -0.39 is 6.04 Å². The first kappa shape index (κ1) is 12.8. The van der Waals surface area contributed by atoms with Crippen LogP contribution in [-0.4, -0.2) is 29.7 Å². The molecule has 0 bridgehead atoms. The average Bonchev–Trinajstić information content (AvgIpc) is 2.13. The summed E-state index contributed by atoms with van der Waals surface area (Å²) in [7, 11) is 0. The number of rotatable bonds is 4. The molecule has 2 N–H and O–H groups in total. The van der Waals surface area contributed by atoms with E-state index in [1.165, 1.54) is 6.92 Å². The van der Waals surface area contributed by atoms with Gasteiger partial charge in [-0.15, -0.1) is 6.42 Å². The molecule has 0 rings (SSSR count). The Bertz CT molecular complexity index is 260. The Morgan fingerprint density at radius 1 is 1.50 bits per heavy atom. The standard InChI is InChI=1S/C9H14N2O2S/c1-4-6(2)10-9(13)8(5-14)11-7(3)12/h1,6,8,14H,5H2,2-3H3,(H,10,13)(H,11,12). The molecule has 0 saturated carbocycles. The van der Waals surface area contributed by atoms with Crippen molar-refractivity contribution >= 4 is 24.4 Å². The van der Waals surface area contributed by atoms with Crippen LogP contribution in [0, 0.1) is 12.3 Å². The van der Waals surface area contributed by atoms with Crippen LogP contribution in [0.25, 0.3) is 0 Å². The molecule has 0 aromatic rings. The summed E-state index contributed by atoms with van der Waals surface area (Å²) in [6.45, 7) is 3.02. The van der Waals surface area contributed by atoms with Crippen LogP contribution in [0.3, 0.4) is 0 Å². The summed E-state index contributed by atoms with van der Waals surface area (Å²) in [6, 6.07) is -0.981.